The number of allylic oxidation sites excluding steroid dienone is 1. The number of hydrogen-bond acceptors (Lipinski definition) is 3. The number of hydrogen-bond donors (Lipinski definition) is 0. The average Bonchev–Trinajstić information content (AvgIpc) is 2.45. The molecule has 102 valence electrons. The maximum atomic E-state index is 11.8. The number of ether oxygens (including phenoxy) is 1. The van der Waals surface area contributed by atoms with E-state index in [0.29, 0.717) is 5.56 Å². The first-order valence-corrected chi connectivity index (χ1v) is 7.22. The molecule has 0 saturated carbocycles. The van der Waals surface area contributed by atoms with Crippen LogP contribution in [0.15, 0.2) is 30.3 Å². The molecule has 0 radical (unpaired) electrons. The smallest absolute Gasteiger partial charge is 0.305 e. The number of Topliss-reactive ketones (excluding diaryl/α,β-unsaturated/α-hetero) is 1. The Labute approximate surface area is 121 Å². The molecule has 0 aliphatic heterocycles. The van der Waals surface area contributed by atoms with Gasteiger partial charge in [0.15, 0.2) is 5.78 Å². The largest absolute Gasteiger partial charge is 0.469 e. The highest BCUT2D eigenvalue weighted by molar-refractivity contribution is 9.09. The van der Waals surface area contributed by atoms with Crippen molar-refractivity contribution in [3.8, 4) is 0 Å². The van der Waals surface area contributed by atoms with Crippen molar-refractivity contribution in [1.29, 1.82) is 0 Å². The monoisotopic (exact) mass is 324 g/mol. The zero-order valence-corrected chi connectivity index (χ0v) is 12.5. The second-order valence-electron chi connectivity index (χ2n) is 4.00. The van der Waals surface area contributed by atoms with Crippen molar-refractivity contribution >= 4 is 33.8 Å². The number of ketones is 1. The molecule has 1 aromatic rings. The number of alkyl halides is 1. The van der Waals surface area contributed by atoms with Crippen molar-refractivity contribution in [2.45, 2.75) is 19.3 Å². The molecule has 0 N–H and O–H groups in total. The van der Waals surface area contributed by atoms with Crippen LogP contribution in [0.25, 0.3) is 6.08 Å². The molecule has 0 aliphatic rings. The molecule has 0 saturated heterocycles. The van der Waals surface area contributed by atoms with E-state index in [1.807, 2.05) is 18.2 Å². The Balaban J connectivity index is 2.55. The molecule has 4 heteroatoms. The maximum Gasteiger partial charge on any atom is 0.305 e. The molecule has 1 aromatic carbocycles. The van der Waals surface area contributed by atoms with Crippen LogP contribution in [0.1, 0.15) is 35.2 Å². The van der Waals surface area contributed by atoms with Gasteiger partial charge in [0.05, 0.1) is 13.5 Å². The Hall–Kier alpha value is -1.42. The van der Waals surface area contributed by atoms with E-state index in [0.717, 1.165) is 17.3 Å². The van der Waals surface area contributed by atoms with Crippen molar-refractivity contribution in [3.05, 3.63) is 41.5 Å². The summed E-state index contributed by atoms with van der Waals surface area (Å²) in [7, 11) is 1.32. The third-order valence-corrected chi connectivity index (χ3v) is 3.06. The van der Waals surface area contributed by atoms with Gasteiger partial charge in [-0.2, -0.15) is 0 Å². The molecule has 0 spiro atoms. The highest BCUT2D eigenvalue weighted by Crippen LogP contribution is 2.10. The normalized spacial score (nSPS) is 10.6. The lowest BCUT2D eigenvalue weighted by molar-refractivity contribution is -0.140. The van der Waals surface area contributed by atoms with Gasteiger partial charge in [-0.25, -0.2) is 0 Å². The minimum Gasteiger partial charge on any atom is -0.469 e. The van der Waals surface area contributed by atoms with Crippen molar-refractivity contribution < 1.29 is 14.3 Å². The average molecular weight is 325 g/mol. The molecule has 19 heavy (non-hydrogen) atoms. The zero-order chi connectivity index (χ0) is 14.1. The lowest BCUT2D eigenvalue weighted by Gasteiger charge is -2.01. The van der Waals surface area contributed by atoms with Gasteiger partial charge in [0.2, 0.25) is 0 Å². The van der Waals surface area contributed by atoms with Gasteiger partial charge in [-0.15, -0.1) is 0 Å². The Bertz CT molecular complexity index is 449. The van der Waals surface area contributed by atoms with Crippen LogP contribution >= 0.6 is 15.9 Å². The predicted octanol–water partition coefficient (Wildman–Crippen LogP) is 3.62. The quantitative estimate of drug-likeness (QED) is 0.437. The van der Waals surface area contributed by atoms with Gasteiger partial charge in [-0.3, -0.25) is 9.59 Å². The van der Waals surface area contributed by atoms with E-state index in [1.54, 1.807) is 12.1 Å². The molecule has 0 aromatic heterocycles. The number of rotatable bonds is 7. The summed E-state index contributed by atoms with van der Waals surface area (Å²) in [6.07, 6.45) is 5.38. The first-order valence-electron chi connectivity index (χ1n) is 6.10. The SMILES string of the molecule is COC(=O)CCC(=O)c1ccc(C=CCCBr)cc1. The molecule has 0 heterocycles. The van der Waals surface area contributed by atoms with Crippen LogP contribution in [0.2, 0.25) is 0 Å². The fourth-order valence-corrected chi connectivity index (χ4v) is 1.79. The molecule has 0 fully saturated rings. The summed E-state index contributed by atoms with van der Waals surface area (Å²) in [4.78, 5) is 22.8. The predicted molar refractivity (Wildman–Crippen MR) is 79.5 cm³/mol. The van der Waals surface area contributed by atoms with Crippen LogP contribution in [0.4, 0.5) is 0 Å². The van der Waals surface area contributed by atoms with Crippen LogP contribution in [0.5, 0.6) is 0 Å². The van der Waals surface area contributed by atoms with Crippen LogP contribution in [0, 0.1) is 0 Å². The van der Waals surface area contributed by atoms with E-state index in [4.69, 9.17) is 0 Å². The number of methoxy groups -OCH3 is 1. The minimum atomic E-state index is -0.359. The van der Waals surface area contributed by atoms with Gasteiger partial charge in [0.25, 0.3) is 0 Å². The van der Waals surface area contributed by atoms with Crippen LogP contribution in [0.3, 0.4) is 0 Å². The van der Waals surface area contributed by atoms with E-state index in [1.165, 1.54) is 7.11 Å². The first kappa shape index (κ1) is 15.6. The lowest BCUT2D eigenvalue weighted by Crippen LogP contribution is -2.05. The van der Waals surface area contributed by atoms with Gasteiger partial charge in [-0.1, -0.05) is 52.3 Å². The molecule has 3 nitrogen and oxygen atoms in total. The third kappa shape index (κ3) is 5.83. The third-order valence-electron chi connectivity index (χ3n) is 2.60. The van der Waals surface area contributed by atoms with E-state index in [-0.39, 0.29) is 24.6 Å². The topological polar surface area (TPSA) is 43.4 Å². The highest BCUT2D eigenvalue weighted by Gasteiger charge is 2.08. The first-order chi connectivity index (χ1) is 9.17. The number of esters is 1. The second kappa shape index (κ2) is 8.64. The highest BCUT2D eigenvalue weighted by atomic mass is 79.9. The fraction of sp³-hybridized carbons (Fsp3) is 0.333. The molecule has 0 aliphatic carbocycles. The Morgan fingerprint density at radius 3 is 2.47 bits per heavy atom. The zero-order valence-electron chi connectivity index (χ0n) is 10.9. The molecular formula is C15H17BrO3. The van der Waals surface area contributed by atoms with Gasteiger partial charge < -0.3 is 4.74 Å². The van der Waals surface area contributed by atoms with Crippen molar-refractivity contribution in [1.82, 2.24) is 0 Å². The van der Waals surface area contributed by atoms with E-state index in [2.05, 4.69) is 26.7 Å². The molecule has 0 atom stereocenters. The van der Waals surface area contributed by atoms with Crippen molar-refractivity contribution in [3.63, 3.8) is 0 Å². The number of halogens is 1. The van der Waals surface area contributed by atoms with Crippen LogP contribution < -0.4 is 0 Å². The lowest BCUT2D eigenvalue weighted by atomic mass is 10.0. The van der Waals surface area contributed by atoms with Crippen LogP contribution in [-0.4, -0.2) is 24.2 Å². The fourth-order valence-electron chi connectivity index (χ4n) is 1.52. The van der Waals surface area contributed by atoms with Gasteiger partial charge in [-0.05, 0) is 12.0 Å². The summed E-state index contributed by atoms with van der Waals surface area (Å²) < 4.78 is 4.51. The Morgan fingerprint density at radius 2 is 1.89 bits per heavy atom. The minimum absolute atomic E-state index is 0.0404. The molecule has 0 unspecified atom stereocenters. The van der Waals surface area contributed by atoms with Gasteiger partial charge >= 0.3 is 5.97 Å². The summed E-state index contributed by atoms with van der Waals surface area (Å²) in [5.41, 5.74) is 1.69. The number of benzene rings is 1. The van der Waals surface area contributed by atoms with E-state index >= 15 is 0 Å². The number of carbonyl (C=O) groups excluding carboxylic acids is 2. The standard InChI is InChI=1S/C15H17BrO3/c1-19-15(18)10-9-14(17)13-7-5-12(6-8-13)4-2-3-11-16/h2,4-8H,3,9-11H2,1H3. The Kier molecular flexibility index (Phi) is 7.11. The second-order valence-corrected chi connectivity index (χ2v) is 4.79. The van der Waals surface area contributed by atoms with Gasteiger partial charge in [0.1, 0.15) is 0 Å². The summed E-state index contributed by atoms with van der Waals surface area (Å²) in [6.45, 7) is 0. The van der Waals surface area contributed by atoms with Crippen molar-refractivity contribution in [2.24, 2.45) is 0 Å². The molecular weight excluding hydrogens is 308 g/mol. The van der Waals surface area contributed by atoms with E-state index in [9.17, 15) is 9.59 Å². The van der Waals surface area contributed by atoms with Crippen molar-refractivity contribution in [2.75, 3.05) is 12.4 Å². The van der Waals surface area contributed by atoms with Crippen LogP contribution in [-0.2, 0) is 9.53 Å². The summed E-state index contributed by atoms with van der Waals surface area (Å²) >= 11 is 3.35. The molecule has 0 bridgehead atoms. The molecule has 0 amide bonds. The maximum absolute atomic E-state index is 11.8. The summed E-state index contributed by atoms with van der Waals surface area (Å²) in [5.74, 6) is -0.399. The van der Waals surface area contributed by atoms with E-state index < -0.39 is 0 Å². The number of carbonyl (C=O) groups is 2. The van der Waals surface area contributed by atoms with Gasteiger partial charge in [0, 0.05) is 17.3 Å². The summed E-state index contributed by atoms with van der Waals surface area (Å²) in [5, 5.41) is 0.938. The summed E-state index contributed by atoms with van der Waals surface area (Å²) in [6, 6.07) is 7.37. The Morgan fingerprint density at radius 1 is 1.21 bits per heavy atom. The molecule has 1 rings (SSSR count).